The van der Waals surface area contributed by atoms with E-state index in [9.17, 15) is 23.1 Å². The van der Waals surface area contributed by atoms with E-state index < -0.39 is 17.0 Å². The molecule has 8 heteroatoms. The molecule has 1 aromatic rings. The summed E-state index contributed by atoms with van der Waals surface area (Å²) in [5.41, 5.74) is -5.68. The highest BCUT2D eigenvalue weighted by Gasteiger charge is 2.34. The normalized spacial score (nSPS) is 22.3. The van der Waals surface area contributed by atoms with Gasteiger partial charge in [0.15, 0.2) is 0 Å². The standard InChI is InChI=1S/C13H14F3NO3S/c14-13(15,16)21-10-4-2-1-3-9(10)11(18)17-7-12(19)5-6-20-8-12/h1-4,19H,5-8H2,(H,17,18). The fourth-order valence-corrected chi connectivity index (χ4v) is 2.61. The van der Waals surface area contributed by atoms with Gasteiger partial charge in [0.1, 0.15) is 5.60 Å². The number of aliphatic hydroxyl groups is 1. The molecule has 1 saturated heterocycles. The molecule has 0 spiro atoms. The Morgan fingerprint density at radius 3 is 2.76 bits per heavy atom. The van der Waals surface area contributed by atoms with Crippen molar-refractivity contribution in [3.8, 4) is 0 Å². The molecule has 0 radical (unpaired) electrons. The van der Waals surface area contributed by atoms with Crippen molar-refractivity contribution < 1.29 is 27.8 Å². The van der Waals surface area contributed by atoms with E-state index in [1.54, 1.807) is 0 Å². The van der Waals surface area contributed by atoms with Gasteiger partial charge in [0.05, 0.1) is 12.2 Å². The molecule has 2 N–H and O–H groups in total. The molecule has 1 aliphatic heterocycles. The molecule has 1 atom stereocenters. The average Bonchev–Trinajstić information content (AvgIpc) is 2.82. The van der Waals surface area contributed by atoms with Crippen molar-refractivity contribution >= 4 is 17.7 Å². The second kappa shape index (κ2) is 6.25. The summed E-state index contributed by atoms with van der Waals surface area (Å²) in [7, 11) is 0. The minimum absolute atomic E-state index is 0.0587. The Morgan fingerprint density at radius 1 is 1.43 bits per heavy atom. The van der Waals surface area contributed by atoms with Crippen LogP contribution in [0.5, 0.6) is 0 Å². The molecule has 0 bridgehead atoms. The fraction of sp³-hybridized carbons (Fsp3) is 0.462. The number of halogens is 3. The first-order valence-electron chi connectivity index (χ1n) is 6.22. The SMILES string of the molecule is O=C(NCC1(O)CCOC1)c1ccccc1SC(F)(F)F. The molecule has 4 nitrogen and oxygen atoms in total. The van der Waals surface area contributed by atoms with Gasteiger partial charge < -0.3 is 15.2 Å². The van der Waals surface area contributed by atoms with Gasteiger partial charge in [0.2, 0.25) is 0 Å². The lowest BCUT2D eigenvalue weighted by Gasteiger charge is -2.21. The minimum atomic E-state index is -4.46. The van der Waals surface area contributed by atoms with E-state index >= 15 is 0 Å². The summed E-state index contributed by atoms with van der Waals surface area (Å²) in [6, 6.07) is 5.48. The zero-order valence-corrected chi connectivity index (χ0v) is 11.8. The Bertz CT molecular complexity index is 516. The van der Waals surface area contributed by atoms with E-state index in [1.807, 2.05) is 0 Å². The van der Waals surface area contributed by atoms with E-state index in [-0.39, 0.29) is 35.4 Å². The largest absolute Gasteiger partial charge is 0.446 e. The van der Waals surface area contributed by atoms with Gasteiger partial charge in [0, 0.05) is 24.5 Å². The van der Waals surface area contributed by atoms with Crippen molar-refractivity contribution in [3.63, 3.8) is 0 Å². The second-order valence-electron chi connectivity index (χ2n) is 4.75. The summed E-state index contributed by atoms with van der Waals surface area (Å²) in [5.74, 6) is -0.650. The first kappa shape index (κ1) is 16.1. The third-order valence-electron chi connectivity index (χ3n) is 3.02. The predicted molar refractivity (Wildman–Crippen MR) is 71.1 cm³/mol. The number of amides is 1. The molecule has 1 fully saturated rings. The zero-order valence-electron chi connectivity index (χ0n) is 10.9. The molecule has 0 aromatic heterocycles. The smallest absolute Gasteiger partial charge is 0.386 e. The minimum Gasteiger partial charge on any atom is -0.386 e. The van der Waals surface area contributed by atoms with Crippen LogP contribution >= 0.6 is 11.8 Å². The van der Waals surface area contributed by atoms with Gasteiger partial charge in [-0.2, -0.15) is 13.2 Å². The summed E-state index contributed by atoms with van der Waals surface area (Å²) in [5, 5.41) is 12.5. The van der Waals surface area contributed by atoms with Crippen molar-refractivity contribution in [2.75, 3.05) is 19.8 Å². The van der Waals surface area contributed by atoms with Crippen molar-refractivity contribution in [2.24, 2.45) is 0 Å². The number of hydrogen-bond donors (Lipinski definition) is 2. The fourth-order valence-electron chi connectivity index (χ4n) is 1.94. The molecule has 1 heterocycles. The second-order valence-corrected chi connectivity index (χ2v) is 5.86. The third-order valence-corrected chi connectivity index (χ3v) is 3.83. The Labute approximate surface area is 123 Å². The summed E-state index contributed by atoms with van der Waals surface area (Å²) in [4.78, 5) is 11.8. The maximum atomic E-state index is 12.5. The van der Waals surface area contributed by atoms with Gasteiger partial charge in [-0.15, -0.1) is 0 Å². The number of benzene rings is 1. The van der Waals surface area contributed by atoms with Gasteiger partial charge in [-0.05, 0) is 23.9 Å². The van der Waals surface area contributed by atoms with E-state index in [4.69, 9.17) is 4.74 Å². The van der Waals surface area contributed by atoms with Gasteiger partial charge in [-0.1, -0.05) is 12.1 Å². The van der Waals surface area contributed by atoms with E-state index in [2.05, 4.69) is 5.32 Å². The Balaban J connectivity index is 2.05. The summed E-state index contributed by atoms with van der Waals surface area (Å²) < 4.78 is 42.4. The number of nitrogens with one attached hydrogen (secondary N) is 1. The highest BCUT2D eigenvalue weighted by Crippen LogP contribution is 2.38. The predicted octanol–water partition coefficient (Wildman–Crippen LogP) is 2.18. The van der Waals surface area contributed by atoms with Crippen molar-refractivity contribution in [3.05, 3.63) is 29.8 Å². The monoisotopic (exact) mass is 321 g/mol. The number of hydrogen-bond acceptors (Lipinski definition) is 4. The molecule has 1 aliphatic rings. The number of carbonyl (C=O) groups excluding carboxylic acids is 1. The van der Waals surface area contributed by atoms with Crippen LogP contribution in [0.25, 0.3) is 0 Å². The molecule has 2 rings (SSSR count). The molecule has 0 aliphatic carbocycles. The molecule has 1 unspecified atom stereocenters. The van der Waals surface area contributed by atoms with Crippen LogP contribution in [-0.4, -0.2) is 41.9 Å². The molecule has 1 amide bonds. The highest BCUT2D eigenvalue weighted by molar-refractivity contribution is 8.00. The maximum absolute atomic E-state index is 12.5. The van der Waals surface area contributed by atoms with Crippen LogP contribution in [0.15, 0.2) is 29.2 Å². The number of carbonyl (C=O) groups is 1. The summed E-state index contributed by atoms with van der Waals surface area (Å²) >= 11 is -0.335. The first-order chi connectivity index (χ1) is 9.79. The summed E-state index contributed by atoms with van der Waals surface area (Å²) in [6.07, 6.45) is 0.381. The Hall–Kier alpha value is -1.25. The number of rotatable bonds is 4. The average molecular weight is 321 g/mol. The van der Waals surface area contributed by atoms with Gasteiger partial charge >= 0.3 is 5.51 Å². The van der Waals surface area contributed by atoms with Crippen molar-refractivity contribution in [2.45, 2.75) is 22.4 Å². The van der Waals surface area contributed by atoms with E-state index in [0.717, 1.165) is 0 Å². The van der Waals surface area contributed by atoms with Crippen LogP contribution in [-0.2, 0) is 4.74 Å². The molecule has 116 valence electrons. The lowest BCUT2D eigenvalue weighted by molar-refractivity contribution is -0.0328. The van der Waals surface area contributed by atoms with Crippen LogP contribution in [0.2, 0.25) is 0 Å². The van der Waals surface area contributed by atoms with Crippen LogP contribution < -0.4 is 5.32 Å². The summed E-state index contributed by atoms with van der Waals surface area (Å²) in [6.45, 7) is 0.440. The van der Waals surface area contributed by atoms with Crippen molar-refractivity contribution in [1.29, 1.82) is 0 Å². The molecule has 1 aromatic carbocycles. The van der Waals surface area contributed by atoms with Gasteiger partial charge in [-0.25, -0.2) is 0 Å². The lowest BCUT2D eigenvalue weighted by Crippen LogP contribution is -2.43. The van der Waals surface area contributed by atoms with Gasteiger partial charge in [0.25, 0.3) is 5.91 Å². The third kappa shape index (κ3) is 4.62. The molecule has 0 saturated carbocycles. The van der Waals surface area contributed by atoms with E-state index in [0.29, 0.717) is 13.0 Å². The number of alkyl halides is 3. The van der Waals surface area contributed by atoms with E-state index in [1.165, 1.54) is 24.3 Å². The van der Waals surface area contributed by atoms with Crippen LogP contribution in [0, 0.1) is 0 Å². The Morgan fingerprint density at radius 2 is 2.14 bits per heavy atom. The molecular weight excluding hydrogens is 307 g/mol. The number of thioether (sulfide) groups is 1. The van der Waals surface area contributed by atoms with Crippen LogP contribution in [0.4, 0.5) is 13.2 Å². The topological polar surface area (TPSA) is 58.6 Å². The highest BCUT2D eigenvalue weighted by atomic mass is 32.2. The first-order valence-corrected chi connectivity index (χ1v) is 7.04. The molecule has 21 heavy (non-hydrogen) atoms. The number of ether oxygens (including phenoxy) is 1. The lowest BCUT2D eigenvalue weighted by atomic mass is 10.0. The van der Waals surface area contributed by atoms with Crippen LogP contribution in [0.3, 0.4) is 0 Å². The molecular formula is C13H14F3NO3S. The van der Waals surface area contributed by atoms with Crippen molar-refractivity contribution in [1.82, 2.24) is 5.32 Å². The zero-order chi connectivity index (χ0) is 15.5. The quantitative estimate of drug-likeness (QED) is 0.835. The Kier molecular flexibility index (Phi) is 4.80. The van der Waals surface area contributed by atoms with Crippen LogP contribution in [0.1, 0.15) is 16.8 Å². The van der Waals surface area contributed by atoms with Gasteiger partial charge in [-0.3, -0.25) is 4.79 Å². The maximum Gasteiger partial charge on any atom is 0.446 e.